The molecule has 2 heterocycles. The van der Waals surface area contributed by atoms with Crippen LogP contribution in [0.15, 0.2) is 42.4 Å². The molecule has 130 valence electrons. The normalized spacial score (nSPS) is 19.3. The SMILES string of the molecule is CC1(C)OB(C(F)=Cc2ncc(-c3ccc(Cl)cc3)cn2)OC1(C)C. The highest BCUT2D eigenvalue weighted by Gasteiger charge is 2.53. The van der Waals surface area contributed by atoms with Gasteiger partial charge < -0.3 is 9.31 Å². The van der Waals surface area contributed by atoms with Crippen molar-refractivity contribution in [3.8, 4) is 11.1 Å². The maximum Gasteiger partial charge on any atom is 0.525 e. The second-order valence-corrected chi connectivity index (χ2v) is 7.39. The molecule has 2 aromatic rings. The molecule has 0 bridgehead atoms. The van der Waals surface area contributed by atoms with Gasteiger partial charge in [-0.25, -0.2) is 14.4 Å². The molecule has 7 heteroatoms. The van der Waals surface area contributed by atoms with Crippen molar-refractivity contribution in [3.63, 3.8) is 0 Å². The first kappa shape index (κ1) is 18.0. The van der Waals surface area contributed by atoms with Crippen molar-refractivity contribution < 1.29 is 13.7 Å². The molecule has 4 nitrogen and oxygen atoms in total. The van der Waals surface area contributed by atoms with E-state index in [4.69, 9.17) is 20.9 Å². The number of aromatic nitrogens is 2. The second kappa shape index (κ2) is 6.52. The zero-order valence-corrected chi connectivity index (χ0v) is 15.3. The van der Waals surface area contributed by atoms with E-state index in [0.29, 0.717) is 5.02 Å². The summed E-state index contributed by atoms with van der Waals surface area (Å²) in [4.78, 5) is 8.38. The molecular weight excluding hydrogens is 341 g/mol. The number of hydrogen-bond acceptors (Lipinski definition) is 4. The van der Waals surface area contributed by atoms with Gasteiger partial charge in [0.2, 0.25) is 0 Å². The minimum Gasteiger partial charge on any atom is -0.398 e. The second-order valence-electron chi connectivity index (χ2n) is 6.95. The summed E-state index contributed by atoms with van der Waals surface area (Å²) >= 11 is 5.88. The number of hydrogen-bond donors (Lipinski definition) is 0. The Balaban J connectivity index is 1.77. The maximum atomic E-state index is 14.5. The van der Waals surface area contributed by atoms with E-state index in [-0.39, 0.29) is 5.82 Å². The third kappa shape index (κ3) is 3.76. The lowest BCUT2D eigenvalue weighted by Gasteiger charge is -2.32. The zero-order chi connectivity index (χ0) is 18.2. The minimum atomic E-state index is -1.05. The van der Waals surface area contributed by atoms with E-state index in [1.165, 1.54) is 6.08 Å². The van der Waals surface area contributed by atoms with E-state index >= 15 is 0 Å². The van der Waals surface area contributed by atoms with Crippen LogP contribution in [0.3, 0.4) is 0 Å². The zero-order valence-electron chi connectivity index (χ0n) is 14.6. The molecule has 3 rings (SSSR count). The summed E-state index contributed by atoms with van der Waals surface area (Å²) in [6, 6.07) is 7.34. The lowest BCUT2D eigenvalue weighted by atomic mass is 9.87. The first-order valence-corrected chi connectivity index (χ1v) is 8.36. The predicted octanol–water partition coefficient (Wildman–Crippen LogP) is 4.74. The third-order valence-electron chi connectivity index (χ3n) is 4.59. The first-order valence-electron chi connectivity index (χ1n) is 7.99. The van der Waals surface area contributed by atoms with Crippen LogP contribution in [-0.4, -0.2) is 28.3 Å². The van der Waals surface area contributed by atoms with Gasteiger partial charge in [0.25, 0.3) is 0 Å². The molecule has 1 aliphatic rings. The Morgan fingerprint density at radius 2 is 1.52 bits per heavy atom. The van der Waals surface area contributed by atoms with Gasteiger partial charge in [0, 0.05) is 29.1 Å². The Bertz CT molecular complexity index is 776. The van der Waals surface area contributed by atoms with Crippen LogP contribution in [0.2, 0.25) is 5.02 Å². The summed E-state index contributed by atoms with van der Waals surface area (Å²) in [6.45, 7) is 7.49. The van der Waals surface area contributed by atoms with Crippen LogP contribution in [-0.2, 0) is 9.31 Å². The average Bonchev–Trinajstić information content (AvgIpc) is 2.77. The van der Waals surface area contributed by atoms with Crippen molar-refractivity contribution in [1.82, 2.24) is 9.97 Å². The summed E-state index contributed by atoms with van der Waals surface area (Å²) in [7, 11) is -1.05. The van der Waals surface area contributed by atoms with Crippen molar-refractivity contribution in [3.05, 3.63) is 53.2 Å². The van der Waals surface area contributed by atoms with Crippen LogP contribution < -0.4 is 0 Å². The third-order valence-corrected chi connectivity index (χ3v) is 4.85. The van der Waals surface area contributed by atoms with Gasteiger partial charge in [0.15, 0.2) is 5.82 Å². The largest absolute Gasteiger partial charge is 0.525 e. The standard InChI is InChI=1S/C18H19BClFN2O2/c1-17(2)18(3,4)25-19(24-17)15(21)9-16-22-10-13(11-23-16)12-5-7-14(20)8-6-12/h5-11H,1-4H3. The quantitative estimate of drug-likeness (QED) is 0.742. The van der Waals surface area contributed by atoms with Crippen molar-refractivity contribution in [2.45, 2.75) is 38.9 Å². The van der Waals surface area contributed by atoms with E-state index in [0.717, 1.165) is 11.1 Å². The lowest BCUT2D eigenvalue weighted by molar-refractivity contribution is 0.00578. The fraction of sp³-hybridized carbons (Fsp3) is 0.333. The average molecular weight is 361 g/mol. The van der Waals surface area contributed by atoms with Gasteiger partial charge in [0.1, 0.15) is 5.73 Å². The van der Waals surface area contributed by atoms with Crippen molar-refractivity contribution in [1.29, 1.82) is 0 Å². The Labute approximate surface area is 152 Å². The highest BCUT2D eigenvalue weighted by Crippen LogP contribution is 2.38. The molecule has 0 N–H and O–H groups in total. The van der Waals surface area contributed by atoms with Gasteiger partial charge >= 0.3 is 7.12 Å². The fourth-order valence-corrected chi connectivity index (χ4v) is 2.48. The van der Waals surface area contributed by atoms with Gasteiger partial charge in [-0.15, -0.1) is 0 Å². The van der Waals surface area contributed by atoms with Gasteiger partial charge in [-0.1, -0.05) is 23.7 Å². The van der Waals surface area contributed by atoms with E-state index in [1.54, 1.807) is 24.5 Å². The van der Waals surface area contributed by atoms with Crippen molar-refractivity contribution in [2.24, 2.45) is 0 Å². The molecular formula is C18H19BClFN2O2. The van der Waals surface area contributed by atoms with Crippen LogP contribution in [0.25, 0.3) is 17.2 Å². The molecule has 25 heavy (non-hydrogen) atoms. The fourth-order valence-electron chi connectivity index (χ4n) is 2.35. The van der Waals surface area contributed by atoms with Gasteiger partial charge in [0.05, 0.1) is 11.2 Å². The van der Waals surface area contributed by atoms with Crippen LogP contribution >= 0.6 is 11.6 Å². The molecule has 0 amide bonds. The Morgan fingerprint density at radius 3 is 2.04 bits per heavy atom. The molecule has 0 saturated carbocycles. The smallest absolute Gasteiger partial charge is 0.398 e. The highest BCUT2D eigenvalue weighted by atomic mass is 35.5. The molecule has 0 aliphatic carbocycles. The van der Waals surface area contributed by atoms with Crippen LogP contribution in [0.1, 0.15) is 33.5 Å². The summed E-state index contributed by atoms with van der Waals surface area (Å²) in [5, 5.41) is 0.661. The lowest BCUT2D eigenvalue weighted by Crippen LogP contribution is -2.41. The molecule has 0 unspecified atom stereocenters. The summed E-state index contributed by atoms with van der Waals surface area (Å²) in [6.07, 6.45) is 4.51. The number of rotatable bonds is 3. The Morgan fingerprint density at radius 1 is 1.00 bits per heavy atom. The molecule has 1 saturated heterocycles. The molecule has 0 spiro atoms. The number of benzene rings is 1. The summed E-state index contributed by atoms with van der Waals surface area (Å²) in [5.74, 6) is 0.255. The predicted molar refractivity (Wildman–Crippen MR) is 97.6 cm³/mol. The summed E-state index contributed by atoms with van der Waals surface area (Å²) in [5.41, 5.74) is 0.0127. The van der Waals surface area contributed by atoms with Crippen molar-refractivity contribution >= 4 is 24.8 Å². The van der Waals surface area contributed by atoms with Gasteiger partial charge in [-0.3, -0.25) is 0 Å². The van der Waals surface area contributed by atoms with Crippen LogP contribution in [0.5, 0.6) is 0 Å². The van der Waals surface area contributed by atoms with Crippen molar-refractivity contribution in [2.75, 3.05) is 0 Å². The Hall–Kier alpha value is -1.76. The minimum absolute atomic E-state index is 0.255. The number of halogens is 2. The monoisotopic (exact) mass is 360 g/mol. The van der Waals surface area contributed by atoms with Gasteiger partial charge in [-0.05, 0) is 45.4 Å². The molecule has 1 aromatic heterocycles. The molecule has 0 radical (unpaired) electrons. The van der Waals surface area contributed by atoms with E-state index in [9.17, 15) is 4.39 Å². The van der Waals surface area contributed by atoms with E-state index < -0.39 is 24.0 Å². The maximum absolute atomic E-state index is 14.5. The Kier molecular flexibility index (Phi) is 4.71. The topological polar surface area (TPSA) is 44.2 Å². The highest BCUT2D eigenvalue weighted by molar-refractivity contribution is 6.54. The van der Waals surface area contributed by atoms with E-state index in [1.807, 2.05) is 39.8 Å². The van der Waals surface area contributed by atoms with Crippen LogP contribution in [0.4, 0.5) is 4.39 Å². The molecule has 1 aliphatic heterocycles. The van der Waals surface area contributed by atoms with Gasteiger partial charge in [-0.2, -0.15) is 0 Å². The molecule has 0 atom stereocenters. The van der Waals surface area contributed by atoms with Crippen LogP contribution in [0, 0.1) is 0 Å². The molecule has 1 aromatic carbocycles. The molecule has 1 fully saturated rings. The first-order chi connectivity index (χ1) is 11.7. The number of nitrogens with zero attached hydrogens (tertiary/aromatic N) is 2. The van der Waals surface area contributed by atoms with E-state index in [2.05, 4.69) is 9.97 Å². The summed E-state index contributed by atoms with van der Waals surface area (Å²) < 4.78 is 25.8.